The van der Waals surface area contributed by atoms with Crippen molar-refractivity contribution in [2.45, 2.75) is 25.8 Å². The van der Waals surface area contributed by atoms with Crippen molar-refractivity contribution in [3.05, 3.63) is 57.8 Å². The highest BCUT2D eigenvalue weighted by Crippen LogP contribution is 2.29. The van der Waals surface area contributed by atoms with Gasteiger partial charge in [-0.3, -0.25) is 24.2 Å². The standard InChI is InChI=1S/C22H25N3O3S/c1-15-8-10-24(11-9-15)18(19-7-4-12-29-19)13-23-20(26)14-25-21(27)16-5-2-3-6-17(16)22(25)28/h2-7,12,15,18H,8-11,13-14H2,1H3,(H,23,26)/t18-/m0/s1. The Bertz CT molecular complexity index is 869. The second kappa shape index (κ2) is 8.47. The summed E-state index contributed by atoms with van der Waals surface area (Å²) in [6.45, 7) is 4.52. The zero-order chi connectivity index (χ0) is 20.4. The molecule has 1 aromatic carbocycles. The molecule has 1 N–H and O–H groups in total. The van der Waals surface area contributed by atoms with Gasteiger partial charge in [0.1, 0.15) is 6.54 Å². The van der Waals surface area contributed by atoms with Crippen LogP contribution >= 0.6 is 11.3 Å². The highest BCUT2D eigenvalue weighted by atomic mass is 32.1. The van der Waals surface area contributed by atoms with E-state index in [4.69, 9.17) is 0 Å². The van der Waals surface area contributed by atoms with Crippen molar-refractivity contribution in [3.8, 4) is 0 Å². The van der Waals surface area contributed by atoms with Crippen LogP contribution in [0.5, 0.6) is 0 Å². The van der Waals surface area contributed by atoms with E-state index in [1.54, 1.807) is 35.6 Å². The number of imide groups is 1. The third-order valence-electron chi connectivity index (χ3n) is 5.80. The molecule has 0 saturated carbocycles. The van der Waals surface area contributed by atoms with Crippen LogP contribution in [0.15, 0.2) is 41.8 Å². The number of piperidine rings is 1. The molecule has 2 aliphatic heterocycles. The quantitative estimate of drug-likeness (QED) is 0.742. The summed E-state index contributed by atoms with van der Waals surface area (Å²) in [5, 5.41) is 5.01. The van der Waals surface area contributed by atoms with E-state index in [0.29, 0.717) is 17.7 Å². The average Bonchev–Trinajstić information content (AvgIpc) is 3.34. The van der Waals surface area contributed by atoms with Gasteiger partial charge in [0.25, 0.3) is 11.8 Å². The number of carbonyl (C=O) groups excluding carboxylic acids is 3. The smallest absolute Gasteiger partial charge is 0.262 e. The van der Waals surface area contributed by atoms with Crippen LogP contribution in [0, 0.1) is 5.92 Å². The van der Waals surface area contributed by atoms with Crippen molar-refractivity contribution in [1.29, 1.82) is 0 Å². The van der Waals surface area contributed by atoms with E-state index < -0.39 is 11.8 Å². The second-order valence-electron chi connectivity index (χ2n) is 7.80. The first-order valence-electron chi connectivity index (χ1n) is 10.0. The molecule has 1 saturated heterocycles. The van der Waals surface area contributed by atoms with Crippen LogP contribution in [-0.2, 0) is 4.79 Å². The molecule has 0 bridgehead atoms. The fourth-order valence-electron chi connectivity index (χ4n) is 4.02. The Kier molecular flexibility index (Phi) is 5.78. The minimum atomic E-state index is -0.402. The summed E-state index contributed by atoms with van der Waals surface area (Å²) in [6, 6.07) is 10.9. The molecule has 1 fully saturated rings. The van der Waals surface area contributed by atoms with Crippen molar-refractivity contribution in [2.75, 3.05) is 26.2 Å². The maximum Gasteiger partial charge on any atom is 0.262 e. The van der Waals surface area contributed by atoms with Crippen LogP contribution in [0.25, 0.3) is 0 Å². The molecule has 1 atom stereocenters. The lowest BCUT2D eigenvalue weighted by molar-refractivity contribution is -0.121. The Morgan fingerprint density at radius 2 is 1.76 bits per heavy atom. The van der Waals surface area contributed by atoms with Crippen molar-refractivity contribution in [1.82, 2.24) is 15.1 Å². The Balaban J connectivity index is 1.39. The van der Waals surface area contributed by atoms with E-state index in [9.17, 15) is 14.4 Å². The average molecular weight is 412 g/mol. The van der Waals surface area contributed by atoms with Gasteiger partial charge in [-0.05, 0) is 55.4 Å². The van der Waals surface area contributed by atoms with Gasteiger partial charge in [-0.15, -0.1) is 11.3 Å². The summed E-state index contributed by atoms with van der Waals surface area (Å²) in [6.07, 6.45) is 2.32. The van der Waals surface area contributed by atoms with E-state index in [1.807, 2.05) is 6.07 Å². The van der Waals surface area contributed by atoms with Gasteiger partial charge >= 0.3 is 0 Å². The number of amides is 3. The molecule has 1 aromatic heterocycles. The number of hydrogen-bond acceptors (Lipinski definition) is 5. The summed E-state index contributed by atoms with van der Waals surface area (Å²) < 4.78 is 0. The zero-order valence-corrected chi connectivity index (χ0v) is 17.3. The van der Waals surface area contributed by atoms with Gasteiger partial charge in [-0.25, -0.2) is 0 Å². The molecule has 29 heavy (non-hydrogen) atoms. The molecule has 0 radical (unpaired) electrons. The molecule has 4 rings (SSSR count). The number of rotatable bonds is 6. The predicted molar refractivity (Wildman–Crippen MR) is 112 cm³/mol. The first kappa shape index (κ1) is 19.8. The molecule has 6 nitrogen and oxygen atoms in total. The molecule has 3 amide bonds. The lowest BCUT2D eigenvalue weighted by Gasteiger charge is -2.36. The largest absolute Gasteiger partial charge is 0.353 e. The lowest BCUT2D eigenvalue weighted by atomic mass is 9.97. The van der Waals surface area contributed by atoms with E-state index in [2.05, 4.69) is 28.6 Å². The Morgan fingerprint density at radius 3 is 2.34 bits per heavy atom. The number of nitrogens with zero attached hydrogens (tertiary/aromatic N) is 2. The van der Waals surface area contributed by atoms with Crippen LogP contribution in [0.3, 0.4) is 0 Å². The monoisotopic (exact) mass is 411 g/mol. The number of thiophene rings is 1. The molecule has 0 spiro atoms. The normalized spacial score (nSPS) is 18.7. The molecular weight excluding hydrogens is 386 g/mol. The highest BCUT2D eigenvalue weighted by Gasteiger charge is 2.36. The molecule has 2 aliphatic rings. The van der Waals surface area contributed by atoms with Gasteiger partial charge in [-0.1, -0.05) is 25.1 Å². The summed E-state index contributed by atoms with van der Waals surface area (Å²) in [7, 11) is 0. The number of benzene rings is 1. The first-order valence-corrected chi connectivity index (χ1v) is 10.9. The van der Waals surface area contributed by atoms with Gasteiger partial charge in [0, 0.05) is 11.4 Å². The maximum absolute atomic E-state index is 12.6. The van der Waals surface area contributed by atoms with Gasteiger partial charge in [0.05, 0.1) is 17.2 Å². The molecule has 0 unspecified atom stereocenters. The minimum Gasteiger partial charge on any atom is -0.353 e. The molecule has 2 aromatic rings. The summed E-state index contributed by atoms with van der Waals surface area (Å²) in [4.78, 5) is 42.2. The fraction of sp³-hybridized carbons (Fsp3) is 0.409. The van der Waals surface area contributed by atoms with Crippen LogP contribution in [-0.4, -0.2) is 53.7 Å². The minimum absolute atomic E-state index is 0.119. The number of nitrogens with one attached hydrogen (secondary N) is 1. The van der Waals surface area contributed by atoms with Gasteiger partial charge < -0.3 is 5.32 Å². The van der Waals surface area contributed by atoms with Crippen LogP contribution in [0.2, 0.25) is 0 Å². The predicted octanol–water partition coefficient (Wildman–Crippen LogP) is 2.93. The van der Waals surface area contributed by atoms with Gasteiger partial charge in [0.15, 0.2) is 0 Å². The van der Waals surface area contributed by atoms with Gasteiger partial charge in [0.2, 0.25) is 5.91 Å². The van der Waals surface area contributed by atoms with Crippen LogP contribution in [0.1, 0.15) is 51.4 Å². The Hall–Kier alpha value is -2.51. The van der Waals surface area contributed by atoms with Gasteiger partial charge in [-0.2, -0.15) is 0 Å². The Morgan fingerprint density at radius 1 is 1.10 bits per heavy atom. The summed E-state index contributed by atoms with van der Waals surface area (Å²) in [5.74, 6) is -0.383. The van der Waals surface area contributed by atoms with Crippen molar-refractivity contribution < 1.29 is 14.4 Å². The first-order chi connectivity index (χ1) is 14.0. The molecule has 152 valence electrons. The molecule has 0 aliphatic carbocycles. The second-order valence-corrected chi connectivity index (χ2v) is 8.78. The van der Waals surface area contributed by atoms with Crippen molar-refractivity contribution in [3.63, 3.8) is 0 Å². The summed E-state index contributed by atoms with van der Waals surface area (Å²) >= 11 is 1.69. The number of fused-ring (bicyclic) bond motifs is 1. The Labute approximate surface area is 174 Å². The maximum atomic E-state index is 12.6. The van der Waals surface area contributed by atoms with Crippen LogP contribution in [0.4, 0.5) is 0 Å². The SMILES string of the molecule is CC1CCN([C@@H](CNC(=O)CN2C(=O)c3ccccc3C2=O)c2cccs2)CC1. The number of likely N-dealkylation sites (tertiary alicyclic amines) is 1. The fourth-order valence-corrected chi connectivity index (χ4v) is 4.88. The highest BCUT2D eigenvalue weighted by molar-refractivity contribution is 7.10. The van der Waals surface area contributed by atoms with E-state index in [1.165, 1.54) is 4.88 Å². The lowest BCUT2D eigenvalue weighted by Crippen LogP contribution is -2.45. The van der Waals surface area contributed by atoms with E-state index in [0.717, 1.165) is 36.7 Å². The summed E-state index contributed by atoms with van der Waals surface area (Å²) in [5.41, 5.74) is 0.730. The third-order valence-corrected chi connectivity index (χ3v) is 6.78. The third kappa shape index (κ3) is 4.11. The number of hydrogen-bond donors (Lipinski definition) is 1. The van der Waals surface area contributed by atoms with E-state index in [-0.39, 0.29) is 18.5 Å². The van der Waals surface area contributed by atoms with Crippen molar-refractivity contribution in [2.24, 2.45) is 5.92 Å². The topological polar surface area (TPSA) is 69.7 Å². The van der Waals surface area contributed by atoms with Crippen molar-refractivity contribution >= 4 is 29.1 Å². The van der Waals surface area contributed by atoms with Crippen LogP contribution < -0.4 is 5.32 Å². The molecular formula is C22H25N3O3S. The molecule has 7 heteroatoms. The zero-order valence-electron chi connectivity index (χ0n) is 16.5. The van der Waals surface area contributed by atoms with E-state index >= 15 is 0 Å². The molecule has 3 heterocycles. The number of carbonyl (C=O) groups is 3.